The summed E-state index contributed by atoms with van der Waals surface area (Å²) in [4.78, 5) is 10.2. The average Bonchev–Trinajstić information content (AvgIpc) is 2.72. The minimum absolute atomic E-state index is 0.0185. The minimum atomic E-state index is -0.609. The first-order valence-electron chi connectivity index (χ1n) is 6.18. The molecule has 3 nitrogen and oxygen atoms in total. The molecule has 0 atom stereocenters. The lowest BCUT2D eigenvalue weighted by molar-refractivity contribution is -0.141. The third-order valence-corrected chi connectivity index (χ3v) is 3.35. The van der Waals surface area contributed by atoms with Gasteiger partial charge < -0.3 is 10.8 Å². The summed E-state index contributed by atoms with van der Waals surface area (Å²) < 4.78 is 0. The molecule has 0 amide bonds. The van der Waals surface area contributed by atoms with Crippen molar-refractivity contribution >= 4 is 5.97 Å². The van der Waals surface area contributed by atoms with Crippen LogP contribution in [0.15, 0.2) is 0 Å². The summed E-state index contributed by atoms with van der Waals surface area (Å²) in [6.45, 7) is 0. The van der Waals surface area contributed by atoms with Crippen LogP contribution in [0.4, 0.5) is 0 Å². The van der Waals surface area contributed by atoms with Gasteiger partial charge in [-0.05, 0) is 25.7 Å². The number of rotatable bonds is 1. The molecule has 0 heterocycles. The molecular formula is C12H23NO2. The summed E-state index contributed by atoms with van der Waals surface area (Å²) in [5, 5.41) is 8.41. The maximum atomic E-state index is 10.2. The number of hydrogen-bond donors (Lipinski definition) is 2. The van der Waals surface area contributed by atoms with E-state index >= 15 is 0 Å². The Balaban J connectivity index is 0.000000151. The van der Waals surface area contributed by atoms with Crippen LogP contribution >= 0.6 is 0 Å². The van der Waals surface area contributed by atoms with Gasteiger partial charge in [-0.25, -0.2) is 0 Å². The van der Waals surface area contributed by atoms with Gasteiger partial charge in [-0.2, -0.15) is 0 Å². The highest BCUT2D eigenvalue weighted by molar-refractivity contribution is 5.70. The van der Waals surface area contributed by atoms with Crippen LogP contribution < -0.4 is 5.73 Å². The Bertz CT molecular complexity index is 182. The molecule has 0 unspecified atom stereocenters. The fraction of sp³-hybridized carbons (Fsp3) is 0.917. The molecule has 0 saturated heterocycles. The topological polar surface area (TPSA) is 63.3 Å². The highest BCUT2D eigenvalue weighted by Gasteiger charge is 2.21. The standard InChI is InChI=1S/C6H13N.C6H10O2/c7-6-4-2-1-3-5-6;7-6(8)5-3-1-2-4-5/h6H,1-5,7H2;5H,1-4H2,(H,7,8). The molecule has 0 aromatic heterocycles. The van der Waals surface area contributed by atoms with E-state index in [1.165, 1.54) is 32.1 Å². The van der Waals surface area contributed by atoms with Crippen molar-refractivity contribution in [3.05, 3.63) is 0 Å². The van der Waals surface area contributed by atoms with E-state index < -0.39 is 5.97 Å². The van der Waals surface area contributed by atoms with Crippen molar-refractivity contribution in [1.82, 2.24) is 0 Å². The zero-order valence-electron chi connectivity index (χ0n) is 9.45. The molecule has 0 spiro atoms. The minimum Gasteiger partial charge on any atom is -0.481 e. The summed E-state index contributed by atoms with van der Waals surface area (Å²) in [5.41, 5.74) is 5.63. The predicted molar refractivity (Wildman–Crippen MR) is 60.7 cm³/mol. The van der Waals surface area contributed by atoms with Crippen LogP contribution in [0.25, 0.3) is 0 Å². The van der Waals surface area contributed by atoms with Gasteiger partial charge in [0, 0.05) is 6.04 Å². The molecule has 2 rings (SSSR count). The Morgan fingerprint density at radius 3 is 1.67 bits per heavy atom. The van der Waals surface area contributed by atoms with E-state index in [1.807, 2.05) is 0 Å². The first kappa shape index (κ1) is 12.5. The lowest BCUT2D eigenvalue weighted by atomic mass is 9.97. The van der Waals surface area contributed by atoms with Crippen molar-refractivity contribution < 1.29 is 9.90 Å². The van der Waals surface area contributed by atoms with Crippen molar-refractivity contribution in [2.24, 2.45) is 11.7 Å². The molecule has 3 heteroatoms. The summed E-state index contributed by atoms with van der Waals surface area (Å²) in [6.07, 6.45) is 10.7. The van der Waals surface area contributed by atoms with E-state index in [1.54, 1.807) is 0 Å². The van der Waals surface area contributed by atoms with Crippen molar-refractivity contribution in [2.45, 2.75) is 63.8 Å². The second-order valence-electron chi connectivity index (χ2n) is 4.72. The third-order valence-electron chi connectivity index (χ3n) is 3.35. The fourth-order valence-electron chi connectivity index (χ4n) is 2.31. The second kappa shape index (κ2) is 6.83. The van der Waals surface area contributed by atoms with Gasteiger partial charge in [-0.3, -0.25) is 4.79 Å². The Labute approximate surface area is 92.0 Å². The van der Waals surface area contributed by atoms with E-state index in [4.69, 9.17) is 10.8 Å². The Hall–Kier alpha value is -0.570. The highest BCUT2D eigenvalue weighted by atomic mass is 16.4. The van der Waals surface area contributed by atoms with Gasteiger partial charge in [0.15, 0.2) is 0 Å². The number of carbonyl (C=O) groups is 1. The van der Waals surface area contributed by atoms with Gasteiger partial charge in [0.2, 0.25) is 0 Å². The molecule has 88 valence electrons. The van der Waals surface area contributed by atoms with E-state index in [0.29, 0.717) is 6.04 Å². The summed E-state index contributed by atoms with van der Waals surface area (Å²) >= 11 is 0. The molecule has 0 radical (unpaired) electrons. The molecule has 0 bridgehead atoms. The van der Waals surface area contributed by atoms with E-state index in [9.17, 15) is 4.79 Å². The van der Waals surface area contributed by atoms with Crippen LogP contribution in [-0.4, -0.2) is 17.1 Å². The Kier molecular flexibility index (Phi) is 5.69. The van der Waals surface area contributed by atoms with Crippen LogP contribution in [0.1, 0.15) is 57.8 Å². The highest BCUT2D eigenvalue weighted by Crippen LogP contribution is 2.24. The normalized spacial score (nSPS) is 23.3. The van der Waals surface area contributed by atoms with Crippen LogP contribution in [0.3, 0.4) is 0 Å². The van der Waals surface area contributed by atoms with Crippen molar-refractivity contribution in [1.29, 1.82) is 0 Å². The average molecular weight is 213 g/mol. The van der Waals surface area contributed by atoms with E-state index in [-0.39, 0.29) is 5.92 Å². The maximum Gasteiger partial charge on any atom is 0.306 e. The quantitative estimate of drug-likeness (QED) is 0.703. The number of carboxylic acid groups (broad SMARTS) is 1. The summed E-state index contributed by atoms with van der Waals surface area (Å²) in [7, 11) is 0. The zero-order valence-corrected chi connectivity index (χ0v) is 9.45. The monoisotopic (exact) mass is 213 g/mol. The van der Waals surface area contributed by atoms with Gasteiger partial charge in [0.05, 0.1) is 5.92 Å². The zero-order chi connectivity index (χ0) is 11.1. The molecule has 15 heavy (non-hydrogen) atoms. The van der Waals surface area contributed by atoms with E-state index in [2.05, 4.69) is 0 Å². The molecule has 2 saturated carbocycles. The molecule has 2 aliphatic rings. The van der Waals surface area contributed by atoms with Gasteiger partial charge in [-0.1, -0.05) is 32.1 Å². The maximum absolute atomic E-state index is 10.2. The molecule has 0 aromatic rings. The number of aliphatic carboxylic acids is 1. The van der Waals surface area contributed by atoms with Crippen LogP contribution in [-0.2, 0) is 4.79 Å². The summed E-state index contributed by atoms with van der Waals surface area (Å²) in [5.74, 6) is -0.627. The van der Waals surface area contributed by atoms with Gasteiger partial charge in [-0.15, -0.1) is 0 Å². The SMILES string of the molecule is NC1CCCCC1.O=C(O)C1CCCC1. The van der Waals surface area contributed by atoms with E-state index in [0.717, 1.165) is 25.7 Å². The summed E-state index contributed by atoms with van der Waals surface area (Å²) in [6, 6.07) is 0.536. The lowest BCUT2D eigenvalue weighted by Crippen LogP contribution is -2.22. The predicted octanol–water partition coefficient (Wildman–Crippen LogP) is 2.54. The number of carboxylic acids is 1. The van der Waals surface area contributed by atoms with Gasteiger partial charge >= 0.3 is 5.97 Å². The molecular weight excluding hydrogens is 190 g/mol. The van der Waals surface area contributed by atoms with Crippen molar-refractivity contribution in [3.63, 3.8) is 0 Å². The van der Waals surface area contributed by atoms with Gasteiger partial charge in [0.25, 0.3) is 0 Å². The van der Waals surface area contributed by atoms with Crippen LogP contribution in [0.2, 0.25) is 0 Å². The Morgan fingerprint density at radius 1 is 0.933 bits per heavy atom. The third kappa shape index (κ3) is 5.17. The molecule has 0 aliphatic heterocycles. The molecule has 2 aliphatic carbocycles. The van der Waals surface area contributed by atoms with Crippen molar-refractivity contribution in [3.8, 4) is 0 Å². The number of hydrogen-bond acceptors (Lipinski definition) is 2. The number of nitrogens with two attached hydrogens (primary N) is 1. The first-order valence-corrected chi connectivity index (χ1v) is 6.18. The fourth-order valence-corrected chi connectivity index (χ4v) is 2.31. The van der Waals surface area contributed by atoms with Crippen LogP contribution in [0, 0.1) is 5.92 Å². The van der Waals surface area contributed by atoms with Crippen molar-refractivity contribution in [2.75, 3.05) is 0 Å². The van der Waals surface area contributed by atoms with Crippen LogP contribution in [0.5, 0.6) is 0 Å². The lowest BCUT2D eigenvalue weighted by Gasteiger charge is -2.15. The van der Waals surface area contributed by atoms with Gasteiger partial charge in [0.1, 0.15) is 0 Å². The first-order chi connectivity index (χ1) is 7.20. The molecule has 0 aromatic carbocycles. The molecule has 2 fully saturated rings. The smallest absolute Gasteiger partial charge is 0.306 e. The largest absolute Gasteiger partial charge is 0.481 e. The second-order valence-corrected chi connectivity index (χ2v) is 4.72. The molecule has 3 N–H and O–H groups in total. The Morgan fingerprint density at radius 2 is 1.40 bits per heavy atom.